The number of nitrogens with zero attached hydrogens (tertiary/aromatic N) is 1. The zero-order valence-corrected chi connectivity index (χ0v) is 13.2. The van der Waals surface area contributed by atoms with E-state index in [4.69, 9.17) is 9.47 Å². The molecule has 0 aromatic heterocycles. The Morgan fingerprint density at radius 2 is 2.25 bits per heavy atom. The number of ketones is 1. The van der Waals surface area contributed by atoms with Crippen molar-refractivity contribution in [1.29, 1.82) is 0 Å². The molecule has 1 aromatic rings. The highest BCUT2D eigenvalue weighted by Crippen LogP contribution is 2.46. The average molecular weight is 331 g/mol. The fourth-order valence-electron chi connectivity index (χ4n) is 3.36. The van der Waals surface area contributed by atoms with Crippen LogP contribution in [0.4, 0.5) is 5.69 Å². The second-order valence-electron chi connectivity index (χ2n) is 5.73. The Labute approximate surface area is 138 Å². The third-order valence-corrected chi connectivity index (χ3v) is 4.32. The molecule has 7 nitrogen and oxygen atoms in total. The highest BCUT2D eigenvalue weighted by molar-refractivity contribution is 6.11. The lowest BCUT2D eigenvalue weighted by molar-refractivity contribution is -0.384. The summed E-state index contributed by atoms with van der Waals surface area (Å²) in [4.78, 5) is 35.5. The Hall–Kier alpha value is -2.70. The molecule has 0 bridgehead atoms. The maximum absolute atomic E-state index is 12.6. The maximum Gasteiger partial charge on any atom is 0.317 e. The second kappa shape index (κ2) is 6.43. The first-order chi connectivity index (χ1) is 11.5. The number of hydrogen-bond acceptors (Lipinski definition) is 6. The minimum Gasteiger partial charge on any atom is -0.490 e. The van der Waals surface area contributed by atoms with Crippen molar-refractivity contribution in [2.45, 2.75) is 25.7 Å². The SMILES string of the molecule is CCOC(=O)C1C(=O)C2=C(CCCO2)C1c1cccc([N+](=O)[O-])c1. The lowest BCUT2D eigenvalue weighted by atomic mass is 9.82. The summed E-state index contributed by atoms with van der Waals surface area (Å²) in [5, 5.41) is 11.0. The number of ether oxygens (including phenoxy) is 2. The van der Waals surface area contributed by atoms with Crippen LogP contribution in [-0.4, -0.2) is 29.9 Å². The summed E-state index contributed by atoms with van der Waals surface area (Å²) < 4.78 is 10.5. The molecule has 0 fully saturated rings. The first kappa shape index (κ1) is 16.2. The summed E-state index contributed by atoms with van der Waals surface area (Å²) in [6.45, 7) is 2.26. The number of hydrogen-bond donors (Lipinski definition) is 0. The standard InChI is InChI=1S/C17H17NO6/c1-2-23-17(20)14-13(10-5-3-6-11(9-10)18(21)22)12-7-4-8-24-16(12)15(14)19/h3,5-6,9,13-14H,2,4,7-8H2,1H3. The fraction of sp³-hybridized carbons (Fsp3) is 0.412. The third-order valence-electron chi connectivity index (χ3n) is 4.32. The van der Waals surface area contributed by atoms with Gasteiger partial charge in [-0.1, -0.05) is 12.1 Å². The monoisotopic (exact) mass is 331 g/mol. The van der Waals surface area contributed by atoms with Crippen LogP contribution >= 0.6 is 0 Å². The number of Topliss-reactive ketones (excluding diaryl/α,β-unsaturated/α-hetero) is 1. The minimum absolute atomic E-state index is 0.0756. The van der Waals surface area contributed by atoms with Crippen LogP contribution in [-0.2, 0) is 19.1 Å². The van der Waals surface area contributed by atoms with Crippen LogP contribution in [0.5, 0.6) is 0 Å². The summed E-state index contributed by atoms with van der Waals surface area (Å²) in [7, 11) is 0. The number of carbonyl (C=O) groups excluding carboxylic acids is 2. The van der Waals surface area contributed by atoms with E-state index in [-0.39, 0.29) is 23.8 Å². The summed E-state index contributed by atoms with van der Waals surface area (Å²) in [6.07, 6.45) is 1.37. The van der Waals surface area contributed by atoms with Gasteiger partial charge in [-0.15, -0.1) is 0 Å². The molecule has 1 aliphatic heterocycles. The fourth-order valence-corrected chi connectivity index (χ4v) is 3.36. The molecule has 1 aliphatic carbocycles. The van der Waals surface area contributed by atoms with Gasteiger partial charge in [0.25, 0.3) is 5.69 Å². The van der Waals surface area contributed by atoms with Crippen LogP contribution in [0.3, 0.4) is 0 Å². The van der Waals surface area contributed by atoms with E-state index in [1.54, 1.807) is 19.1 Å². The van der Waals surface area contributed by atoms with Gasteiger partial charge in [0.15, 0.2) is 5.76 Å². The Kier molecular flexibility index (Phi) is 4.33. The molecule has 2 atom stereocenters. The Balaban J connectivity index is 2.07. The molecule has 0 saturated heterocycles. The van der Waals surface area contributed by atoms with Crippen molar-refractivity contribution in [1.82, 2.24) is 0 Å². The zero-order chi connectivity index (χ0) is 17.3. The van der Waals surface area contributed by atoms with E-state index in [2.05, 4.69) is 0 Å². The van der Waals surface area contributed by atoms with Crippen LogP contribution in [0.15, 0.2) is 35.6 Å². The van der Waals surface area contributed by atoms with Crippen LogP contribution in [0.2, 0.25) is 0 Å². The molecular weight excluding hydrogens is 314 g/mol. The summed E-state index contributed by atoms with van der Waals surface area (Å²) in [5.74, 6) is -2.37. The highest BCUT2D eigenvalue weighted by atomic mass is 16.6. The summed E-state index contributed by atoms with van der Waals surface area (Å²) in [6, 6.07) is 6.05. The van der Waals surface area contributed by atoms with E-state index in [1.165, 1.54) is 12.1 Å². The smallest absolute Gasteiger partial charge is 0.317 e. The van der Waals surface area contributed by atoms with Gasteiger partial charge in [0.05, 0.1) is 18.1 Å². The van der Waals surface area contributed by atoms with E-state index < -0.39 is 22.7 Å². The molecule has 2 aliphatic rings. The molecule has 0 N–H and O–H groups in total. The van der Waals surface area contributed by atoms with Gasteiger partial charge in [-0.05, 0) is 30.9 Å². The molecule has 7 heteroatoms. The van der Waals surface area contributed by atoms with E-state index in [0.717, 1.165) is 12.0 Å². The normalized spacial score (nSPS) is 22.8. The predicted molar refractivity (Wildman–Crippen MR) is 83.2 cm³/mol. The lowest BCUT2D eigenvalue weighted by Crippen LogP contribution is -2.28. The highest BCUT2D eigenvalue weighted by Gasteiger charge is 2.49. The van der Waals surface area contributed by atoms with E-state index >= 15 is 0 Å². The molecule has 24 heavy (non-hydrogen) atoms. The van der Waals surface area contributed by atoms with Gasteiger partial charge in [-0.25, -0.2) is 0 Å². The minimum atomic E-state index is -1.03. The van der Waals surface area contributed by atoms with E-state index in [9.17, 15) is 19.7 Å². The Bertz CT molecular complexity index is 738. The summed E-state index contributed by atoms with van der Waals surface area (Å²) >= 11 is 0. The zero-order valence-electron chi connectivity index (χ0n) is 13.2. The topological polar surface area (TPSA) is 95.7 Å². The average Bonchev–Trinajstić information content (AvgIpc) is 2.88. The predicted octanol–water partition coefficient (Wildman–Crippen LogP) is 2.50. The van der Waals surface area contributed by atoms with Crippen LogP contribution in [0.1, 0.15) is 31.2 Å². The lowest BCUT2D eigenvalue weighted by Gasteiger charge is -2.21. The van der Waals surface area contributed by atoms with Crippen LogP contribution in [0.25, 0.3) is 0 Å². The van der Waals surface area contributed by atoms with Crippen molar-refractivity contribution in [3.8, 4) is 0 Å². The molecule has 1 aromatic carbocycles. The summed E-state index contributed by atoms with van der Waals surface area (Å²) in [5.41, 5.74) is 1.23. The first-order valence-corrected chi connectivity index (χ1v) is 7.85. The van der Waals surface area contributed by atoms with Crippen molar-refractivity contribution in [3.63, 3.8) is 0 Å². The van der Waals surface area contributed by atoms with E-state index in [1.807, 2.05) is 0 Å². The van der Waals surface area contributed by atoms with Gasteiger partial charge in [0.1, 0.15) is 5.92 Å². The number of allylic oxidation sites excluding steroid dienone is 2. The number of nitro groups is 1. The largest absolute Gasteiger partial charge is 0.490 e. The quantitative estimate of drug-likeness (QED) is 0.364. The second-order valence-corrected chi connectivity index (χ2v) is 5.73. The molecule has 1 heterocycles. The Morgan fingerprint density at radius 1 is 1.46 bits per heavy atom. The van der Waals surface area contributed by atoms with Crippen molar-refractivity contribution in [2.75, 3.05) is 13.2 Å². The van der Waals surface area contributed by atoms with E-state index in [0.29, 0.717) is 18.6 Å². The number of carbonyl (C=O) groups is 2. The molecular formula is C17H17NO6. The molecule has 0 saturated carbocycles. The van der Waals surface area contributed by atoms with Crippen LogP contribution in [0, 0.1) is 16.0 Å². The molecule has 0 spiro atoms. The van der Waals surface area contributed by atoms with Gasteiger partial charge in [0.2, 0.25) is 5.78 Å². The number of benzene rings is 1. The number of nitro benzene ring substituents is 1. The van der Waals surface area contributed by atoms with Gasteiger partial charge in [-0.2, -0.15) is 0 Å². The van der Waals surface area contributed by atoms with Gasteiger partial charge >= 0.3 is 5.97 Å². The number of non-ortho nitro benzene ring substituents is 1. The molecule has 126 valence electrons. The maximum atomic E-state index is 12.6. The first-order valence-electron chi connectivity index (χ1n) is 7.85. The number of rotatable bonds is 4. The van der Waals surface area contributed by atoms with Crippen molar-refractivity contribution < 1.29 is 24.0 Å². The molecule has 2 unspecified atom stereocenters. The molecule has 3 rings (SSSR count). The molecule has 0 radical (unpaired) electrons. The van der Waals surface area contributed by atoms with Crippen LogP contribution < -0.4 is 0 Å². The van der Waals surface area contributed by atoms with Crippen molar-refractivity contribution in [3.05, 3.63) is 51.3 Å². The van der Waals surface area contributed by atoms with Crippen molar-refractivity contribution in [2.24, 2.45) is 5.92 Å². The Morgan fingerprint density at radius 3 is 2.96 bits per heavy atom. The van der Waals surface area contributed by atoms with Gasteiger partial charge in [-0.3, -0.25) is 19.7 Å². The molecule has 0 amide bonds. The van der Waals surface area contributed by atoms with Gasteiger partial charge in [0, 0.05) is 18.1 Å². The number of esters is 1. The van der Waals surface area contributed by atoms with Gasteiger partial charge < -0.3 is 9.47 Å². The van der Waals surface area contributed by atoms with Crippen molar-refractivity contribution >= 4 is 17.4 Å². The third kappa shape index (κ3) is 2.66.